The third-order valence-corrected chi connectivity index (χ3v) is 4.40. The summed E-state index contributed by atoms with van der Waals surface area (Å²) in [5, 5.41) is 3.12. The third kappa shape index (κ3) is 5.63. The molecule has 0 bridgehead atoms. The van der Waals surface area contributed by atoms with Crippen LogP contribution in [-0.2, 0) is 9.53 Å². The fraction of sp³-hybridized carbons (Fsp3) is 0.333. The smallest absolute Gasteiger partial charge is 0.338 e. The first kappa shape index (κ1) is 21.6. The normalized spacial score (nSPS) is 11.4. The lowest BCUT2D eigenvalue weighted by Crippen LogP contribution is -2.32. The molecule has 2 rings (SSSR count). The molecule has 0 unspecified atom stereocenters. The molecule has 0 aliphatic carbocycles. The second kappa shape index (κ2) is 10.6. The minimum Gasteiger partial charge on any atom is -0.493 e. The highest BCUT2D eigenvalue weighted by Gasteiger charge is 2.18. The number of esters is 1. The van der Waals surface area contributed by atoms with E-state index in [2.05, 4.69) is 5.32 Å². The van der Waals surface area contributed by atoms with E-state index < -0.39 is 12.6 Å². The van der Waals surface area contributed by atoms with E-state index in [-0.39, 0.29) is 22.5 Å². The van der Waals surface area contributed by atoms with Gasteiger partial charge in [0.25, 0.3) is 5.91 Å². The van der Waals surface area contributed by atoms with E-state index in [1.54, 1.807) is 0 Å². The number of methoxy groups -OCH3 is 2. The van der Waals surface area contributed by atoms with Crippen molar-refractivity contribution in [3.05, 3.63) is 58.6 Å². The summed E-state index contributed by atoms with van der Waals surface area (Å²) in [6.45, 7) is 1.65. The van der Waals surface area contributed by atoms with Gasteiger partial charge in [-0.3, -0.25) is 4.79 Å². The lowest BCUT2D eigenvalue weighted by molar-refractivity contribution is -0.125. The monoisotopic (exact) mass is 405 g/mol. The van der Waals surface area contributed by atoms with E-state index in [0.29, 0.717) is 11.5 Å². The Morgan fingerprint density at radius 1 is 1.11 bits per heavy atom. The second-order valence-electron chi connectivity index (χ2n) is 6.09. The average molecular weight is 406 g/mol. The number of benzene rings is 2. The van der Waals surface area contributed by atoms with Crippen LogP contribution in [0.15, 0.2) is 42.5 Å². The van der Waals surface area contributed by atoms with Crippen LogP contribution in [0.2, 0.25) is 5.02 Å². The lowest BCUT2D eigenvalue weighted by atomic mass is 10.0. The molecular formula is C21H24ClNO5. The van der Waals surface area contributed by atoms with Crippen molar-refractivity contribution in [3.8, 4) is 11.5 Å². The molecular weight excluding hydrogens is 382 g/mol. The van der Waals surface area contributed by atoms with Crippen molar-refractivity contribution in [1.29, 1.82) is 0 Å². The summed E-state index contributed by atoms with van der Waals surface area (Å²) < 4.78 is 15.4. The maximum atomic E-state index is 12.3. The van der Waals surface area contributed by atoms with Crippen molar-refractivity contribution in [2.24, 2.45) is 0 Å². The first-order valence-corrected chi connectivity index (χ1v) is 9.30. The largest absolute Gasteiger partial charge is 0.493 e. The molecule has 0 fully saturated rings. The number of ether oxygens (including phenoxy) is 3. The first-order valence-electron chi connectivity index (χ1n) is 8.93. The summed E-state index contributed by atoms with van der Waals surface area (Å²) in [4.78, 5) is 24.6. The van der Waals surface area contributed by atoms with Gasteiger partial charge in [-0.2, -0.15) is 0 Å². The minimum atomic E-state index is -0.676. The molecule has 1 N–H and O–H groups in total. The number of nitrogens with one attached hydrogen (secondary N) is 1. The number of hydrogen-bond donors (Lipinski definition) is 1. The molecule has 0 radical (unpaired) electrons. The van der Waals surface area contributed by atoms with Crippen LogP contribution in [-0.4, -0.2) is 32.7 Å². The van der Waals surface area contributed by atoms with Crippen molar-refractivity contribution in [3.63, 3.8) is 0 Å². The predicted molar refractivity (Wildman–Crippen MR) is 107 cm³/mol. The van der Waals surface area contributed by atoms with Gasteiger partial charge in [-0.05, 0) is 24.1 Å². The van der Waals surface area contributed by atoms with Gasteiger partial charge in [0.2, 0.25) is 0 Å². The summed E-state index contributed by atoms with van der Waals surface area (Å²) in [6.07, 6.45) is 1.69. The Labute approximate surface area is 169 Å². The van der Waals surface area contributed by atoms with Crippen LogP contribution in [0, 0.1) is 0 Å². The van der Waals surface area contributed by atoms with Gasteiger partial charge in [0.05, 0.1) is 30.8 Å². The van der Waals surface area contributed by atoms with Gasteiger partial charge in [0.15, 0.2) is 18.1 Å². The van der Waals surface area contributed by atoms with Gasteiger partial charge in [0.1, 0.15) is 0 Å². The van der Waals surface area contributed by atoms with Crippen LogP contribution < -0.4 is 14.8 Å². The molecule has 1 amide bonds. The molecule has 6 nitrogen and oxygen atoms in total. The van der Waals surface area contributed by atoms with Crippen molar-refractivity contribution in [1.82, 2.24) is 5.32 Å². The van der Waals surface area contributed by atoms with E-state index in [4.69, 9.17) is 25.8 Å². The highest BCUT2D eigenvalue weighted by atomic mass is 35.5. The predicted octanol–water partition coefficient (Wildman–Crippen LogP) is 4.17. The number of halogens is 1. The zero-order valence-electron chi connectivity index (χ0n) is 16.2. The molecule has 150 valence electrons. The van der Waals surface area contributed by atoms with E-state index in [0.717, 1.165) is 18.4 Å². The van der Waals surface area contributed by atoms with Crippen LogP contribution in [0.5, 0.6) is 11.5 Å². The Hall–Kier alpha value is -2.73. The zero-order chi connectivity index (χ0) is 20.5. The van der Waals surface area contributed by atoms with Gasteiger partial charge in [-0.1, -0.05) is 55.3 Å². The molecule has 1 atom stereocenters. The molecule has 0 saturated heterocycles. The molecule has 0 aliphatic heterocycles. The SMILES string of the molecule is CCC[C@@H](NC(=O)COC(=O)c1cc(Cl)c(OC)c(OC)c1)c1ccccc1. The van der Waals surface area contributed by atoms with E-state index in [9.17, 15) is 9.59 Å². The van der Waals surface area contributed by atoms with Crippen LogP contribution >= 0.6 is 11.6 Å². The standard InChI is InChI=1S/C21H24ClNO5/c1-4-8-17(14-9-6-5-7-10-14)23-19(24)13-28-21(25)15-11-16(22)20(27-3)18(12-15)26-2/h5-7,9-12,17H,4,8,13H2,1-3H3,(H,23,24)/t17-/m1/s1. The Morgan fingerprint density at radius 2 is 1.82 bits per heavy atom. The van der Waals surface area contributed by atoms with Crippen LogP contribution in [0.1, 0.15) is 41.7 Å². The van der Waals surface area contributed by atoms with Crippen molar-refractivity contribution in [2.45, 2.75) is 25.8 Å². The molecule has 0 aromatic heterocycles. The quantitative estimate of drug-likeness (QED) is 0.634. The molecule has 2 aromatic rings. The van der Waals surface area contributed by atoms with E-state index >= 15 is 0 Å². The average Bonchev–Trinajstić information content (AvgIpc) is 2.71. The van der Waals surface area contributed by atoms with Crippen LogP contribution in [0.25, 0.3) is 0 Å². The Morgan fingerprint density at radius 3 is 2.43 bits per heavy atom. The van der Waals surface area contributed by atoms with Crippen LogP contribution in [0.4, 0.5) is 0 Å². The number of carbonyl (C=O) groups is 2. The fourth-order valence-corrected chi connectivity index (χ4v) is 3.07. The van der Waals surface area contributed by atoms with Gasteiger partial charge in [-0.15, -0.1) is 0 Å². The fourth-order valence-electron chi connectivity index (χ4n) is 2.78. The zero-order valence-corrected chi connectivity index (χ0v) is 16.9. The summed E-state index contributed by atoms with van der Waals surface area (Å²) in [7, 11) is 2.89. The van der Waals surface area contributed by atoms with Gasteiger partial charge in [-0.25, -0.2) is 4.79 Å². The van der Waals surface area contributed by atoms with E-state index in [1.807, 2.05) is 37.3 Å². The number of hydrogen-bond acceptors (Lipinski definition) is 5. The maximum absolute atomic E-state index is 12.3. The van der Waals surface area contributed by atoms with Gasteiger partial charge < -0.3 is 19.5 Å². The molecule has 28 heavy (non-hydrogen) atoms. The highest BCUT2D eigenvalue weighted by molar-refractivity contribution is 6.32. The van der Waals surface area contributed by atoms with Gasteiger partial charge in [0, 0.05) is 0 Å². The molecule has 0 heterocycles. The Bertz CT molecular complexity index is 810. The number of amides is 1. The van der Waals surface area contributed by atoms with Crippen molar-refractivity contribution in [2.75, 3.05) is 20.8 Å². The molecule has 0 spiro atoms. The van der Waals surface area contributed by atoms with E-state index in [1.165, 1.54) is 26.4 Å². The first-order chi connectivity index (χ1) is 13.5. The topological polar surface area (TPSA) is 73.9 Å². The lowest BCUT2D eigenvalue weighted by Gasteiger charge is -2.18. The summed E-state index contributed by atoms with van der Waals surface area (Å²) in [6, 6.07) is 12.4. The third-order valence-electron chi connectivity index (χ3n) is 4.12. The molecule has 2 aromatic carbocycles. The van der Waals surface area contributed by atoms with Gasteiger partial charge >= 0.3 is 5.97 Å². The molecule has 7 heteroatoms. The second-order valence-corrected chi connectivity index (χ2v) is 6.50. The Kier molecular flexibility index (Phi) is 8.14. The molecule has 0 aliphatic rings. The van der Waals surface area contributed by atoms with Crippen LogP contribution in [0.3, 0.4) is 0 Å². The highest BCUT2D eigenvalue weighted by Crippen LogP contribution is 2.36. The number of rotatable bonds is 9. The number of carbonyl (C=O) groups excluding carboxylic acids is 2. The van der Waals surface area contributed by atoms with Crippen molar-refractivity contribution < 1.29 is 23.8 Å². The maximum Gasteiger partial charge on any atom is 0.338 e. The Balaban J connectivity index is 2.00. The summed E-state index contributed by atoms with van der Waals surface area (Å²) in [5.74, 6) is -0.422. The van der Waals surface area contributed by atoms with Crippen molar-refractivity contribution >= 4 is 23.5 Å². The molecule has 0 saturated carbocycles. The summed E-state index contributed by atoms with van der Waals surface area (Å²) in [5.41, 5.74) is 1.18. The summed E-state index contributed by atoms with van der Waals surface area (Å²) >= 11 is 6.10. The minimum absolute atomic E-state index is 0.132.